The summed E-state index contributed by atoms with van der Waals surface area (Å²) >= 11 is 0. The zero-order chi connectivity index (χ0) is 13.9. The predicted octanol–water partition coefficient (Wildman–Crippen LogP) is 2.39. The molecule has 1 aromatic carbocycles. The summed E-state index contributed by atoms with van der Waals surface area (Å²) < 4.78 is 12.9. The lowest BCUT2D eigenvalue weighted by Gasteiger charge is -2.14. The monoisotopic (exact) mass is 310 g/mol. The third-order valence-electron chi connectivity index (χ3n) is 4.07. The number of hydrogen-bond acceptors (Lipinski definition) is 2. The van der Waals surface area contributed by atoms with Gasteiger partial charge in [0.15, 0.2) is 0 Å². The van der Waals surface area contributed by atoms with Crippen LogP contribution in [0, 0.1) is 11.7 Å². The molecule has 2 unspecified atom stereocenters. The fraction of sp³-hybridized carbons (Fsp3) is 0.438. The molecule has 2 atom stereocenters. The maximum atomic E-state index is 12.9. The van der Waals surface area contributed by atoms with Crippen molar-refractivity contribution in [2.24, 2.45) is 5.92 Å². The molecule has 0 radical (unpaired) electrons. The Bertz CT molecular complexity index is 530. The van der Waals surface area contributed by atoms with E-state index in [1.165, 1.54) is 17.7 Å². The number of hydrogen-bond donors (Lipinski definition) is 2. The van der Waals surface area contributed by atoms with Crippen molar-refractivity contribution in [2.75, 3.05) is 19.6 Å². The first-order valence-electron chi connectivity index (χ1n) is 7.16. The normalized spacial score (nSPS) is 23.8. The lowest BCUT2D eigenvalue weighted by Crippen LogP contribution is -2.30. The van der Waals surface area contributed by atoms with Crippen LogP contribution < -0.4 is 10.6 Å². The van der Waals surface area contributed by atoms with Crippen molar-refractivity contribution < 1.29 is 9.18 Å². The molecular formula is C16H20ClFN2O. The molecule has 1 saturated carbocycles. The minimum absolute atomic E-state index is 0. The molecule has 2 aliphatic rings. The number of amides is 1. The summed E-state index contributed by atoms with van der Waals surface area (Å²) in [7, 11) is 0. The number of nitrogens with one attached hydrogen (secondary N) is 2. The van der Waals surface area contributed by atoms with Crippen LogP contribution in [0.5, 0.6) is 0 Å². The van der Waals surface area contributed by atoms with E-state index in [2.05, 4.69) is 16.7 Å². The first-order valence-corrected chi connectivity index (χ1v) is 7.16. The van der Waals surface area contributed by atoms with E-state index in [9.17, 15) is 9.18 Å². The van der Waals surface area contributed by atoms with Crippen LogP contribution >= 0.6 is 12.4 Å². The summed E-state index contributed by atoms with van der Waals surface area (Å²) in [6.07, 6.45) is 4.03. The maximum Gasteiger partial charge on any atom is 0.224 e. The topological polar surface area (TPSA) is 41.1 Å². The van der Waals surface area contributed by atoms with E-state index < -0.39 is 0 Å². The molecule has 0 aromatic heterocycles. The number of carbonyl (C=O) groups excluding carboxylic acids is 1. The van der Waals surface area contributed by atoms with Gasteiger partial charge < -0.3 is 10.6 Å². The van der Waals surface area contributed by atoms with Crippen LogP contribution in [0.25, 0.3) is 0 Å². The van der Waals surface area contributed by atoms with Gasteiger partial charge in [0.25, 0.3) is 0 Å². The highest BCUT2D eigenvalue weighted by atomic mass is 35.5. The van der Waals surface area contributed by atoms with Gasteiger partial charge >= 0.3 is 0 Å². The van der Waals surface area contributed by atoms with Gasteiger partial charge in [0.05, 0.1) is 0 Å². The molecule has 3 nitrogen and oxygen atoms in total. The van der Waals surface area contributed by atoms with Gasteiger partial charge in [0, 0.05) is 19.0 Å². The van der Waals surface area contributed by atoms with Crippen molar-refractivity contribution >= 4 is 18.3 Å². The molecule has 0 saturated heterocycles. The minimum atomic E-state index is -0.228. The summed E-state index contributed by atoms with van der Waals surface area (Å²) in [5.41, 5.74) is 2.36. The molecule has 1 aliphatic heterocycles. The molecule has 1 fully saturated rings. The average molecular weight is 311 g/mol. The number of rotatable bonds is 4. The fourth-order valence-corrected chi connectivity index (χ4v) is 2.73. The van der Waals surface area contributed by atoms with Gasteiger partial charge in [-0.1, -0.05) is 23.8 Å². The molecule has 1 amide bonds. The van der Waals surface area contributed by atoms with Crippen molar-refractivity contribution in [2.45, 2.75) is 18.8 Å². The molecule has 0 spiro atoms. The Kier molecular flexibility index (Phi) is 5.37. The molecule has 1 aromatic rings. The SMILES string of the molecule is Cl.O=C(NCC1=CCNCC1)C1CC1c1ccc(F)cc1. The Balaban J connectivity index is 0.00000161. The Morgan fingerprint density at radius 1 is 1.33 bits per heavy atom. The van der Waals surface area contributed by atoms with Crippen LogP contribution in [0.2, 0.25) is 0 Å². The van der Waals surface area contributed by atoms with Crippen molar-refractivity contribution in [3.05, 3.63) is 47.3 Å². The standard InChI is InChI=1S/C16H19FN2O.ClH/c17-13-3-1-12(2-4-13)14-9-15(14)16(20)19-10-11-5-7-18-8-6-11;/h1-5,14-15,18H,6-10H2,(H,19,20);1H. The number of benzene rings is 1. The van der Waals surface area contributed by atoms with Gasteiger partial charge in [-0.15, -0.1) is 12.4 Å². The Morgan fingerprint density at radius 2 is 2.10 bits per heavy atom. The van der Waals surface area contributed by atoms with Crippen LogP contribution in [-0.4, -0.2) is 25.5 Å². The van der Waals surface area contributed by atoms with Crippen molar-refractivity contribution in [1.82, 2.24) is 10.6 Å². The molecular weight excluding hydrogens is 291 g/mol. The van der Waals surface area contributed by atoms with Crippen LogP contribution in [0.1, 0.15) is 24.3 Å². The smallest absolute Gasteiger partial charge is 0.224 e. The highest BCUT2D eigenvalue weighted by Crippen LogP contribution is 2.47. The molecule has 114 valence electrons. The second kappa shape index (κ2) is 7.05. The zero-order valence-electron chi connectivity index (χ0n) is 11.8. The van der Waals surface area contributed by atoms with Gasteiger partial charge in [-0.05, 0) is 43.0 Å². The van der Waals surface area contributed by atoms with Crippen molar-refractivity contribution in [1.29, 1.82) is 0 Å². The van der Waals surface area contributed by atoms with E-state index in [-0.39, 0.29) is 36.0 Å². The van der Waals surface area contributed by atoms with Crippen LogP contribution in [0.4, 0.5) is 4.39 Å². The van der Waals surface area contributed by atoms with Gasteiger partial charge in [-0.3, -0.25) is 4.79 Å². The summed E-state index contributed by atoms with van der Waals surface area (Å²) in [5.74, 6) is 0.215. The summed E-state index contributed by atoms with van der Waals surface area (Å²) in [6, 6.07) is 6.48. The van der Waals surface area contributed by atoms with E-state index in [4.69, 9.17) is 0 Å². The quantitative estimate of drug-likeness (QED) is 0.839. The van der Waals surface area contributed by atoms with E-state index in [0.717, 1.165) is 31.5 Å². The third-order valence-corrected chi connectivity index (χ3v) is 4.07. The molecule has 5 heteroatoms. The summed E-state index contributed by atoms with van der Waals surface area (Å²) in [4.78, 5) is 12.1. The molecule has 1 heterocycles. The minimum Gasteiger partial charge on any atom is -0.352 e. The highest BCUT2D eigenvalue weighted by Gasteiger charge is 2.43. The predicted molar refractivity (Wildman–Crippen MR) is 83.1 cm³/mol. The summed E-state index contributed by atoms with van der Waals surface area (Å²) in [6.45, 7) is 2.54. The zero-order valence-corrected chi connectivity index (χ0v) is 12.6. The van der Waals surface area contributed by atoms with Crippen molar-refractivity contribution in [3.63, 3.8) is 0 Å². The van der Waals surface area contributed by atoms with Gasteiger partial charge in [0.2, 0.25) is 5.91 Å². The van der Waals surface area contributed by atoms with Gasteiger partial charge in [-0.25, -0.2) is 4.39 Å². The molecule has 0 bridgehead atoms. The summed E-state index contributed by atoms with van der Waals surface area (Å²) in [5, 5.41) is 6.27. The Morgan fingerprint density at radius 3 is 2.76 bits per heavy atom. The lowest BCUT2D eigenvalue weighted by molar-refractivity contribution is -0.122. The first-order chi connectivity index (χ1) is 9.74. The van der Waals surface area contributed by atoms with Gasteiger partial charge in [-0.2, -0.15) is 0 Å². The third kappa shape index (κ3) is 4.05. The number of carbonyl (C=O) groups is 1. The first kappa shape index (κ1) is 16.0. The molecule has 1 aliphatic carbocycles. The molecule has 21 heavy (non-hydrogen) atoms. The Labute approximate surface area is 130 Å². The van der Waals surface area contributed by atoms with Crippen LogP contribution in [-0.2, 0) is 4.79 Å². The Hall–Kier alpha value is -1.39. The van der Waals surface area contributed by atoms with Crippen LogP contribution in [0.3, 0.4) is 0 Å². The van der Waals surface area contributed by atoms with Crippen molar-refractivity contribution in [3.8, 4) is 0 Å². The maximum absolute atomic E-state index is 12.9. The van der Waals surface area contributed by atoms with E-state index in [0.29, 0.717) is 6.54 Å². The molecule has 2 N–H and O–H groups in total. The highest BCUT2D eigenvalue weighted by molar-refractivity contribution is 5.85. The van der Waals surface area contributed by atoms with Crippen LogP contribution in [0.15, 0.2) is 35.9 Å². The van der Waals surface area contributed by atoms with E-state index >= 15 is 0 Å². The second-order valence-corrected chi connectivity index (χ2v) is 5.53. The molecule has 3 rings (SSSR count). The lowest BCUT2D eigenvalue weighted by atomic mass is 10.1. The largest absolute Gasteiger partial charge is 0.352 e. The second-order valence-electron chi connectivity index (χ2n) is 5.53. The van der Waals surface area contributed by atoms with E-state index in [1.807, 2.05) is 0 Å². The van der Waals surface area contributed by atoms with Gasteiger partial charge in [0.1, 0.15) is 5.82 Å². The average Bonchev–Trinajstić information content (AvgIpc) is 3.27. The fourth-order valence-electron chi connectivity index (χ4n) is 2.73. The number of halogens is 2. The van der Waals surface area contributed by atoms with E-state index in [1.54, 1.807) is 12.1 Å².